The summed E-state index contributed by atoms with van der Waals surface area (Å²) < 4.78 is 7.08. The van der Waals surface area contributed by atoms with Crippen LogP contribution in [0.25, 0.3) is 0 Å². The second-order valence-electron chi connectivity index (χ2n) is 34.8. The van der Waals surface area contributed by atoms with Crippen molar-refractivity contribution >= 4 is 56.6 Å². The lowest BCUT2D eigenvalue weighted by molar-refractivity contribution is -0.902. The number of nitrogens with zero attached hydrogens (tertiary/aromatic N) is 9. The van der Waals surface area contributed by atoms with E-state index in [1.807, 2.05) is 0 Å². The zero-order valence-electron chi connectivity index (χ0n) is 67.9. The van der Waals surface area contributed by atoms with Crippen LogP contribution in [0.15, 0.2) is 0 Å². The van der Waals surface area contributed by atoms with E-state index in [0.717, 1.165) is 439 Å². The Morgan fingerprint density at radius 1 is 0.158 bits per heavy atom. The summed E-state index contributed by atoms with van der Waals surface area (Å²) in [5.74, 6) is 0. The SMILES string of the molecule is C[N+](C)(CC=O)CCCCCC[N+](C)(CC=O)CCCCCC[N+](C)(CC=O)CCCCCC[N+](C)(CC=O)CCCCCC[N+](C)(CC=O)CCCCCC[N+](C)(CC=O)CCCCCC[N+](C)(CC=O)CCCCCC[N+](C)(CC=O)CCCCCC[N+](C)(CC=O)CCCCCCO. The lowest BCUT2D eigenvalue weighted by Gasteiger charge is -2.34. The highest BCUT2D eigenvalue weighted by Gasteiger charge is 2.28. The summed E-state index contributed by atoms with van der Waals surface area (Å²) in [6.45, 7) is 22.3. The van der Waals surface area contributed by atoms with Crippen LogP contribution in [0, 0.1) is 0 Å². The normalized spacial score (nSPS) is 16.8. The number of rotatable bonds is 80. The van der Waals surface area contributed by atoms with Gasteiger partial charge in [-0.3, -0.25) is 43.2 Å². The molecule has 0 fully saturated rings. The molecule has 0 saturated carbocycles. The van der Waals surface area contributed by atoms with Crippen molar-refractivity contribution in [1.29, 1.82) is 0 Å². The third-order valence-electron chi connectivity index (χ3n) is 23.5. The molecule has 0 rings (SSSR count). The number of aldehydes is 9. The summed E-state index contributed by atoms with van der Waals surface area (Å²) in [5.41, 5.74) is 0. The van der Waals surface area contributed by atoms with Gasteiger partial charge in [-0.1, -0.05) is 6.42 Å². The Labute approximate surface area is 620 Å². The van der Waals surface area contributed by atoms with E-state index in [9.17, 15) is 43.2 Å². The Balaban J connectivity index is 4.63. The van der Waals surface area contributed by atoms with Gasteiger partial charge in [0.1, 0.15) is 58.9 Å². The molecule has 0 aliphatic heterocycles. The average molecular weight is 1440 g/mol. The lowest BCUT2D eigenvalue weighted by Crippen LogP contribution is -2.47. The number of quaternary nitrogens is 9. The van der Waals surface area contributed by atoms with Crippen LogP contribution in [0.5, 0.6) is 0 Å². The molecule has 19 heteroatoms. The van der Waals surface area contributed by atoms with E-state index in [4.69, 9.17) is 5.11 Å². The van der Waals surface area contributed by atoms with Gasteiger partial charge in [0.2, 0.25) is 0 Å². The average Bonchev–Trinajstić information content (AvgIpc) is 0.983. The second-order valence-corrected chi connectivity index (χ2v) is 34.8. The van der Waals surface area contributed by atoms with Crippen LogP contribution in [-0.2, 0) is 43.2 Å². The minimum absolute atomic E-state index is 0.251. The van der Waals surface area contributed by atoms with Gasteiger partial charge in [0.25, 0.3) is 0 Å². The minimum Gasteiger partial charge on any atom is -0.396 e. The predicted molar refractivity (Wildman–Crippen MR) is 416 cm³/mol. The molecule has 101 heavy (non-hydrogen) atoms. The molecule has 19 nitrogen and oxygen atoms in total. The van der Waals surface area contributed by atoms with Crippen LogP contribution >= 0.6 is 0 Å². The first kappa shape index (κ1) is 97.6. The van der Waals surface area contributed by atoms with Crippen LogP contribution in [0.1, 0.15) is 231 Å². The first-order valence-corrected chi connectivity index (χ1v) is 41.3. The highest BCUT2D eigenvalue weighted by molar-refractivity contribution is 5.52. The van der Waals surface area contributed by atoms with E-state index in [2.05, 4.69) is 70.5 Å². The van der Waals surface area contributed by atoms with Gasteiger partial charge in [-0.05, 0) is 225 Å². The maximum Gasteiger partial charge on any atom is 0.174 e. The zero-order chi connectivity index (χ0) is 75.4. The Bertz CT molecular complexity index is 2130. The number of aliphatic hydroxyl groups is 1. The van der Waals surface area contributed by atoms with Gasteiger partial charge in [-0.25, -0.2) is 0 Å². The van der Waals surface area contributed by atoms with Crippen molar-refractivity contribution in [3.05, 3.63) is 0 Å². The molecule has 0 aromatic heterocycles. The maximum absolute atomic E-state index is 11.9. The van der Waals surface area contributed by atoms with Gasteiger partial charge in [0, 0.05) is 6.61 Å². The summed E-state index contributed by atoms with van der Waals surface area (Å²) in [6.07, 6.45) is 49.5. The molecule has 8 atom stereocenters. The Morgan fingerprint density at radius 2 is 0.267 bits per heavy atom. The standard InChI is InChI=1S/C82H166N9O10/c1-83(2,64-74-93)47-29-11-12-30-48-84(3,65-75-94)49-31-13-14-32-50-85(4,66-76-95)51-33-15-16-34-52-86(5,67-77-96)53-35-17-18-36-54-87(6,68-78-97)55-37-19-20-38-56-88(7,69-79-98)57-39-21-22-40-58-89(8,70-80-99)59-41-23-24-42-60-90(9,71-81-100)61-43-25-26-44-62-91(10,72-82-101)63-45-27-28-46-73-92/h74-82,92H,11-73H2,1-10H3/q+9. The summed E-state index contributed by atoms with van der Waals surface area (Å²) in [6, 6.07) is 0. The van der Waals surface area contributed by atoms with Gasteiger partial charge in [-0.2, -0.15) is 0 Å². The van der Waals surface area contributed by atoms with Crippen molar-refractivity contribution < 1.29 is 88.6 Å². The van der Waals surface area contributed by atoms with E-state index in [1.54, 1.807) is 0 Å². The number of carbonyl (C=O) groups excluding carboxylic acids is 9. The molecule has 8 unspecified atom stereocenters. The molecule has 0 heterocycles. The molecule has 0 amide bonds. The van der Waals surface area contributed by atoms with E-state index in [0.29, 0.717) is 58.9 Å². The van der Waals surface area contributed by atoms with Crippen LogP contribution in [0.3, 0.4) is 0 Å². The topological polar surface area (TPSA) is 174 Å². The fourth-order valence-electron chi connectivity index (χ4n) is 15.8. The largest absolute Gasteiger partial charge is 0.396 e. The number of likely N-dealkylation sites (N-methyl/N-ethyl adjacent to an activating group) is 9. The molecule has 0 radical (unpaired) electrons. The van der Waals surface area contributed by atoms with Gasteiger partial charge in [0.15, 0.2) is 56.6 Å². The minimum atomic E-state index is 0.251. The fourth-order valence-corrected chi connectivity index (χ4v) is 15.8. The summed E-state index contributed by atoms with van der Waals surface area (Å²) in [5, 5.41) is 9.07. The van der Waals surface area contributed by atoms with Crippen LogP contribution in [0.4, 0.5) is 0 Å². The number of carbonyl (C=O) groups is 9. The number of aliphatic hydroxyl groups excluding tert-OH is 1. The maximum atomic E-state index is 11.9. The van der Waals surface area contributed by atoms with Crippen molar-refractivity contribution in [1.82, 2.24) is 0 Å². The van der Waals surface area contributed by atoms with Crippen molar-refractivity contribution in [2.45, 2.75) is 231 Å². The van der Waals surface area contributed by atoms with Gasteiger partial charge in [0.05, 0.1) is 182 Å². The predicted octanol–water partition coefficient (Wildman–Crippen LogP) is 10.5. The van der Waals surface area contributed by atoms with Crippen molar-refractivity contribution in [2.24, 2.45) is 0 Å². The van der Waals surface area contributed by atoms with Crippen LogP contribution in [0.2, 0.25) is 0 Å². The molecule has 590 valence electrons. The van der Waals surface area contributed by atoms with Crippen LogP contribution in [-0.4, -0.2) is 349 Å². The molecule has 0 aliphatic rings. The first-order valence-electron chi connectivity index (χ1n) is 41.3. The molecule has 0 bridgehead atoms. The Morgan fingerprint density at radius 3 is 0.376 bits per heavy atom. The first-order chi connectivity index (χ1) is 48.3. The zero-order valence-corrected chi connectivity index (χ0v) is 67.9. The Kier molecular flexibility index (Phi) is 56.8. The molecule has 1 N–H and O–H groups in total. The Hall–Kier alpha value is -3.37. The molecular weight excluding hydrogens is 1270 g/mol. The van der Waals surface area contributed by atoms with Crippen LogP contribution < -0.4 is 0 Å². The van der Waals surface area contributed by atoms with Crippen molar-refractivity contribution in [3.63, 3.8) is 0 Å². The third-order valence-corrected chi connectivity index (χ3v) is 23.5. The monoisotopic (exact) mass is 1440 g/mol. The number of hydrogen-bond donors (Lipinski definition) is 1. The fraction of sp³-hybridized carbons (Fsp3) is 0.890. The van der Waals surface area contributed by atoms with E-state index < -0.39 is 0 Å². The molecule has 0 aromatic carbocycles. The van der Waals surface area contributed by atoms with E-state index >= 15 is 0 Å². The molecule has 0 saturated heterocycles. The number of hydrogen-bond acceptors (Lipinski definition) is 10. The van der Waals surface area contributed by atoms with E-state index in [-0.39, 0.29) is 6.61 Å². The molecule has 0 spiro atoms. The second kappa shape index (κ2) is 58.8. The van der Waals surface area contributed by atoms with Gasteiger partial charge < -0.3 is 45.5 Å². The highest BCUT2D eigenvalue weighted by atomic mass is 16.3. The molecule has 0 aliphatic carbocycles. The smallest absolute Gasteiger partial charge is 0.174 e. The van der Waals surface area contributed by atoms with Crippen molar-refractivity contribution in [2.75, 3.05) is 247 Å². The third kappa shape index (κ3) is 52.3. The van der Waals surface area contributed by atoms with Crippen molar-refractivity contribution in [3.8, 4) is 0 Å². The molecule has 0 aromatic rings. The van der Waals surface area contributed by atoms with Gasteiger partial charge in [-0.15, -0.1) is 0 Å². The number of unbranched alkanes of at least 4 members (excludes halogenated alkanes) is 27. The van der Waals surface area contributed by atoms with E-state index in [1.165, 1.54) is 0 Å². The lowest BCUT2D eigenvalue weighted by atomic mass is 10.1. The summed E-state index contributed by atoms with van der Waals surface area (Å²) in [4.78, 5) is 105. The van der Waals surface area contributed by atoms with Gasteiger partial charge >= 0.3 is 0 Å². The summed E-state index contributed by atoms with van der Waals surface area (Å²) >= 11 is 0. The highest BCUT2D eigenvalue weighted by Crippen LogP contribution is 2.21. The quantitative estimate of drug-likeness (QED) is 0.0351. The molecular formula is C82H166N9O10+9. The summed E-state index contributed by atoms with van der Waals surface area (Å²) in [7, 11) is 22.1.